The second kappa shape index (κ2) is 6.52. The van der Waals surface area contributed by atoms with Gasteiger partial charge in [0.25, 0.3) is 0 Å². The molecule has 4 aliphatic rings. The number of methoxy groups -OCH3 is 1. The molecule has 0 N–H and O–H groups in total. The number of carbonyl (C=O) groups excluding carboxylic acids is 2. The molecular formula is C24H21NO5. The van der Waals surface area contributed by atoms with Crippen LogP contribution in [0.2, 0.25) is 0 Å². The fraction of sp³-hybridized carbons (Fsp3) is 0.333. The molecule has 30 heavy (non-hydrogen) atoms. The summed E-state index contributed by atoms with van der Waals surface area (Å²) < 4.78 is 16.7. The molecule has 0 saturated carbocycles. The molecule has 6 rings (SSSR count). The third kappa shape index (κ3) is 2.38. The van der Waals surface area contributed by atoms with Crippen LogP contribution >= 0.6 is 0 Å². The number of ether oxygens (including phenoxy) is 3. The number of Topliss-reactive ketones (excluding diaryl/α,β-unsaturated/α-hetero) is 2. The van der Waals surface area contributed by atoms with Gasteiger partial charge in [-0.05, 0) is 35.9 Å². The summed E-state index contributed by atoms with van der Waals surface area (Å²) in [6.07, 6.45) is 3.04. The Balaban J connectivity index is 1.49. The van der Waals surface area contributed by atoms with E-state index in [1.807, 2.05) is 24.3 Å². The topological polar surface area (TPSA) is 65.1 Å². The molecule has 0 amide bonds. The van der Waals surface area contributed by atoms with E-state index < -0.39 is 12.3 Å². The molecule has 2 bridgehead atoms. The molecule has 4 aliphatic heterocycles. The van der Waals surface area contributed by atoms with Crippen molar-refractivity contribution >= 4 is 23.3 Å². The van der Waals surface area contributed by atoms with E-state index in [1.165, 1.54) is 0 Å². The summed E-state index contributed by atoms with van der Waals surface area (Å²) in [6, 6.07) is 14.5. The molecule has 3 fully saturated rings. The monoisotopic (exact) mass is 403 g/mol. The number of para-hydroxylation sites is 1. The second-order valence-corrected chi connectivity index (χ2v) is 8.20. The number of fused-ring (bicyclic) bond motifs is 8. The predicted molar refractivity (Wildman–Crippen MR) is 109 cm³/mol. The molecule has 0 spiro atoms. The molecule has 6 heteroatoms. The van der Waals surface area contributed by atoms with Crippen molar-refractivity contribution in [3.05, 3.63) is 65.7 Å². The summed E-state index contributed by atoms with van der Waals surface area (Å²) in [6.45, 7) is 0.343. The van der Waals surface area contributed by atoms with E-state index in [-0.39, 0.29) is 35.5 Å². The van der Waals surface area contributed by atoms with Gasteiger partial charge in [0, 0.05) is 17.2 Å². The van der Waals surface area contributed by atoms with E-state index in [0.29, 0.717) is 17.9 Å². The number of rotatable bonds is 3. The maximum Gasteiger partial charge on any atom is 0.218 e. The first kappa shape index (κ1) is 17.9. The van der Waals surface area contributed by atoms with Crippen molar-refractivity contribution < 1.29 is 23.8 Å². The van der Waals surface area contributed by atoms with Gasteiger partial charge in [0.05, 0.1) is 37.8 Å². The van der Waals surface area contributed by atoms with Crippen LogP contribution in [0.15, 0.2) is 54.6 Å². The lowest BCUT2D eigenvalue weighted by Gasteiger charge is -2.35. The van der Waals surface area contributed by atoms with Gasteiger partial charge in [-0.1, -0.05) is 30.4 Å². The first-order valence-electron chi connectivity index (χ1n) is 10.2. The maximum atomic E-state index is 13.8. The summed E-state index contributed by atoms with van der Waals surface area (Å²) >= 11 is 0. The Kier molecular flexibility index (Phi) is 3.88. The van der Waals surface area contributed by atoms with Crippen LogP contribution in [-0.2, 0) is 14.3 Å². The third-order valence-electron chi connectivity index (χ3n) is 6.80. The Morgan fingerprint density at radius 1 is 1.13 bits per heavy atom. The lowest BCUT2D eigenvalue weighted by molar-refractivity contribution is -0.163. The molecule has 4 heterocycles. The highest BCUT2D eigenvalue weighted by molar-refractivity contribution is 6.05. The third-order valence-corrected chi connectivity index (χ3v) is 6.80. The molecule has 0 aromatic heterocycles. The van der Waals surface area contributed by atoms with Crippen molar-refractivity contribution in [2.45, 2.75) is 24.5 Å². The summed E-state index contributed by atoms with van der Waals surface area (Å²) in [5.74, 6) is 0.0442. The lowest BCUT2D eigenvalue weighted by Crippen LogP contribution is -2.48. The van der Waals surface area contributed by atoms with Crippen molar-refractivity contribution in [2.75, 3.05) is 18.6 Å². The molecule has 2 aromatic rings. The quantitative estimate of drug-likeness (QED) is 0.735. The lowest BCUT2D eigenvalue weighted by atomic mass is 9.77. The van der Waals surface area contributed by atoms with E-state index in [0.717, 1.165) is 11.3 Å². The first-order chi connectivity index (χ1) is 14.7. The van der Waals surface area contributed by atoms with E-state index >= 15 is 0 Å². The van der Waals surface area contributed by atoms with E-state index in [2.05, 4.69) is 17.1 Å². The van der Waals surface area contributed by atoms with Gasteiger partial charge in [-0.3, -0.25) is 9.59 Å². The van der Waals surface area contributed by atoms with Crippen LogP contribution < -0.4 is 9.64 Å². The van der Waals surface area contributed by atoms with Gasteiger partial charge >= 0.3 is 0 Å². The molecule has 3 saturated heterocycles. The number of hydrogen-bond donors (Lipinski definition) is 0. The van der Waals surface area contributed by atoms with Crippen molar-refractivity contribution in [1.29, 1.82) is 0 Å². The summed E-state index contributed by atoms with van der Waals surface area (Å²) in [5, 5.41) is 0. The minimum Gasteiger partial charge on any atom is -0.497 e. The molecule has 6 nitrogen and oxygen atoms in total. The maximum absolute atomic E-state index is 13.8. The zero-order valence-corrected chi connectivity index (χ0v) is 16.4. The van der Waals surface area contributed by atoms with E-state index in [4.69, 9.17) is 14.2 Å². The van der Waals surface area contributed by atoms with Gasteiger partial charge in [-0.15, -0.1) is 0 Å². The SMILES string of the molecule is COc1ccc(C(=O)[C@H]2[C@@H]3[C@@H](C(=O)[C@H]4OC[C@@H]3O4)[C@@H]3C=Cc4ccccc4N32)cc1. The summed E-state index contributed by atoms with van der Waals surface area (Å²) in [4.78, 5) is 29.2. The van der Waals surface area contributed by atoms with E-state index in [9.17, 15) is 9.59 Å². The Morgan fingerprint density at radius 2 is 1.93 bits per heavy atom. The second-order valence-electron chi connectivity index (χ2n) is 8.20. The zero-order chi connectivity index (χ0) is 20.4. The van der Waals surface area contributed by atoms with Crippen LogP contribution in [0.5, 0.6) is 5.75 Å². The molecule has 0 aliphatic carbocycles. The number of hydrogen-bond acceptors (Lipinski definition) is 6. The minimum atomic E-state index is -0.807. The summed E-state index contributed by atoms with van der Waals surface area (Å²) in [5.41, 5.74) is 2.63. The Bertz CT molecular complexity index is 1060. The van der Waals surface area contributed by atoms with Crippen molar-refractivity contribution in [3.8, 4) is 5.75 Å². The molecule has 0 radical (unpaired) electrons. The first-order valence-corrected chi connectivity index (χ1v) is 10.2. The molecule has 152 valence electrons. The number of carbonyl (C=O) groups is 2. The van der Waals surface area contributed by atoms with Crippen molar-refractivity contribution in [2.24, 2.45) is 11.8 Å². The fourth-order valence-corrected chi connectivity index (χ4v) is 5.50. The van der Waals surface area contributed by atoms with Crippen LogP contribution in [0.1, 0.15) is 15.9 Å². The fourth-order valence-electron chi connectivity index (χ4n) is 5.50. The number of nitrogens with zero attached hydrogens (tertiary/aromatic N) is 1. The minimum absolute atomic E-state index is 0.0120. The smallest absolute Gasteiger partial charge is 0.218 e. The Labute approximate surface area is 174 Å². The average Bonchev–Trinajstić information content (AvgIpc) is 3.38. The van der Waals surface area contributed by atoms with Crippen molar-refractivity contribution in [1.82, 2.24) is 0 Å². The normalized spacial score (nSPS) is 33.1. The van der Waals surface area contributed by atoms with E-state index in [1.54, 1.807) is 31.4 Å². The molecule has 6 atom stereocenters. The molecule has 2 aromatic carbocycles. The van der Waals surface area contributed by atoms with Crippen LogP contribution in [0.4, 0.5) is 5.69 Å². The van der Waals surface area contributed by atoms with Gasteiger partial charge in [-0.2, -0.15) is 0 Å². The highest BCUT2D eigenvalue weighted by atomic mass is 16.7. The van der Waals surface area contributed by atoms with Gasteiger partial charge in [0.15, 0.2) is 11.6 Å². The van der Waals surface area contributed by atoms with Gasteiger partial charge in [0.1, 0.15) is 5.75 Å². The van der Waals surface area contributed by atoms with Crippen LogP contribution in [0.3, 0.4) is 0 Å². The highest BCUT2D eigenvalue weighted by Gasteiger charge is 2.63. The van der Waals surface area contributed by atoms with Crippen LogP contribution in [0.25, 0.3) is 6.08 Å². The summed E-state index contributed by atoms with van der Waals surface area (Å²) in [7, 11) is 1.60. The number of ketones is 2. The Hall–Kier alpha value is -2.96. The van der Waals surface area contributed by atoms with Gasteiger partial charge in [0.2, 0.25) is 6.29 Å². The van der Waals surface area contributed by atoms with Gasteiger partial charge in [-0.25, -0.2) is 0 Å². The number of anilines is 1. The zero-order valence-electron chi connectivity index (χ0n) is 16.4. The average molecular weight is 403 g/mol. The predicted octanol–water partition coefficient (Wildman–Crippen LogP) is 2.72. The largest absolute Gasteiger partial charge is 0.497 e. The standard InChI is InChI=1S/C24H21NO5/c1-28-15-9-6-14(7-10-15)22(26)21-20-18-12-29-24(30-18)23(27)19(20)17-11-8-13-4-2-3-5-16(13)25(17)21/h2-11,17-21,24H,12H2,1H3/t17-,18-,19-,20-,21+,24-/m0/s1. The van der Waals surface area contributed by atoms with Crippen LogP contribution in [0, 0.1) is 11.8 Å². The molecular weight excluding hydrogens is 382 g/mol. The highest BCUT2D eigenvalue weighted by Crippen LogP contribution is 2.51. The molecule has 0 unspecified atom stereocenters. The Morgan fingerprint density at radius 3 is 2.73 bits per heavy atom. The van der Waals surface area contributed by atoms with Crippen LogP contribution in [-0.4, -0.2) is 49.8 Å². The number of benzene rings is 2. The van der Waals surface area contributed by atoms with Crippen molar-refractivity contribution in [3.63, 3.8) is 0 Å². The van der Waals surface area contributed by atoms with Gasteiger partial charge < -0.3 is 19.1 Å².